The fraction of sp³-hybridized carbons (Fsp3) is 0.300. The summed E-state index contributed by atoms with van der Waals surface area (Å²) in [4.78, 5) is 21.5. The number of carbonyl (C=O) groups excluding carboxylic acids is 1. The van der Waals surface area contributed by atoms with E-state index in [1.807, 2.05) is 0 Å². The van der Waals surface area contributed by atoms with Gasteiger partial charge in [-0.25, -0.2) is 4.79 Å². The Kier molecular flexibility index (Phi) is 5.28. The third kappa shape index (κ3) is 4.23. The van der Waals surface area contributed by atoms with Crippen molar-refractivity contribution in [2.24, 2.45) is 0 Å². The van der Waals surface area contributed by atoms with Gasteiger partial charge in [0, 0.05) is 6.07 Å². The molecule has 1 rings (SSSR count). The number of non-ortho nitro benzene ring substituents is 1. The van der Waals surface area contributed by atoms with Crippen LogP contribution in [-0.2, 0) is 4.74 Å². The standard InChI is InChI=1S/C10H13BN2O6/c1-11(15)12-6-19-9-5-7(13(16)17)3-4-8(9)10(14)18-2/h3-5,12,15H,6H2,1-2H3. The summed E-state index contributed by atoms with van der Waals surface area (Å²) in [6.45, 7) is 1.38. The first-order valence-electron chi connectivity index (χ1n) is 5.36. The molecular formula is C10H13BN2O6. The summed E-state index contributed by atoms with van der Waals surface area (Å²) >= 11 is 0. The number of rotatable bonds is 6. The van der Waals surface area contributed by atoms with Crippen LogP contribution in [0.3, 0.4) is 0 Å². The van der Waals surface area contributed by atoms with E-state index >= 15 is 0 Å². The molecule has 1 aromatic carbocycles. The molecular weight excluding hydrogens is 255 g/mol. The summed E-state index contributed by atoms with van der Waals surface area (Å²) in [5, 5.41) is 22.2. The second-order valence-electron chi connectivity index (χ2n) is 3.60. The Bertz CT molecular complexity index is 479. The van der Waals surface area contributed by atoms with Crippen molar-refractivity contribution in [3.8, 4) is 5.75 Å². The number of hydrogen-bond donors (Lipinski definition) is 2. The van der Waals surface area contributed by atoms with Crippen molar-refractivity contribution in [2.75, 3.05) is 13.8 Å². The number of methoxy groups -OCH3 is 1. The highest BCUT2D eigenvalue weighted by molar-refractivity contribution is 6.45. The minimum atomic E-state index is -0.805. The van der Waals surface area contributed by atoms with Crippen LogP contribution in [0.15, 0.2) is 18.2 Å². The van der Waals surface area contributed by atoms with Crippen molar-refractivity contribution in [2.45, 2.75) is 6.82 Å². The summed E-state index contributed by atoms with van der Waals surface area (Å²) in [6.07, 6.45) is 0. The molecule has 0 saturated carbocycles. The lowest BCUT2D eigenvalue weighted by atomic mass is 9.90. The van der Waals surface area contributed by atoms with E-state index in [9.17, 15) is 14.9 Å². The Labute approximate surface area is 109 Å². The minimum absolute atomic E-state index is 0.00852. The maximum absolute atomic E-state index is 11.5. The molecule has 0 aliphatic rings. The van der Waals surface area contributed by atoms with Crippen LogP contribution in [0.5, 0.6) is 5.75 Å². The van der Waals surface area contributed by atoms with E-state index < -0.39 is 17.9 Å². The fourth-order valence-corrected chi connectivity index (χ4v) is 1.26. The Hall–Kier alpha value is -2.13. The molecule has 19 heavy (non-hydrogen) atoms. The SMILES string of the molecule is COC(=O)c1ccc([N+](=O)[O-])cc1OCNB(C)O. The van der Waals surface area contributed by atoms with Crippen LogP contribution < -0.4 is 9.96 Å². The number of nitrogens with zero attached hydrogens (tertiary/aromatic N) is 1. The lowest BCUT2D eigenvalue weighted by Crippen LogP contribution is -2.34. The number of carbonyl (C=O) groups is 1. The highest BCUT2D eigenvalue weighted by atomic mass is 16.6. The van der Waals surface area contributed by atoms with Gasteiger partial charge in [-0.3, -0.25) is 15.3 Å². The summed E-state index contributed by atoms with van der Waals surface area (Å²) in [6, 6.07) is 3.55. The average molecular weight is 268 g/mol. The third-order valence-electron chi connectivity index (χ3n) is 2.19. The summed E-state index contributed by atoms with van der Waals surface area (Å²) in [7, 11) is 0.391. The molecule has 0 atom stereocenters. The van der Waals surface area contributed by atoms with E-state index in [4.69, 9.17) is 9.76 Å². The number of benzene rings is 1. The molecule has 0 saturated heterocycles. The molecule has 0 radical (unpaired) electrons. The van der Waals surface area contributed by atoms with Crippen LogP contribution in [0, 0.1) is 10.1 Å². The summed E-state index contributed by atoms with van der Waals surface area (Å²) < 4.78 is 9.73. The van der Waals surface area contributed by atoms with E-state index in [-0.39, 0.29) is 23.7 Å². The lowest BCUT2D eigenvalue weighted by molar-refractivity contribution is -0.384. The van der Waals surface area contributed by atoms with Crippen molar-refractivity contribution in [3.63, 3.8) is 0 Å². The van der Waals surface area contributed by atoms with Crippen LogP contribution in [-0.4, -0.2) is 36.8 Å². The average Bonchev–Trinajstić information content (AvgIpc) is 2.37. The zero-order valence-corrected chi connectivity index (χ0v) is 10.5. The number of nitrogens with one attached hydrogen (secondary N) is 1. The first kappa shape index (κ1) is 14.9. The van der Waals surface area contributed by atoms with Gasteiger partial charge in [-0.05, 0) is 12.9 Å². The topological polar surface area (TPSA) is 111 Å². The predicted octanol–water partition coefficient (Wildman–Crippen LogP) is 0.418. The molecule has 2 N–H and O–H groups in total. The Morgan fingerprint density at radius 2 is 2.26 bits per heavy atom. The smallest absolute Gasteiger partial charge is 0.376 e. The van der Waals surface area contributed by atoms with Gasteiger partial charge in [0.1, 0.15) is 18.0 Å². The van der Waals surface area contributed by atoms with Crippen molar-refractivity contribution in [1.29, 1.82) is 0 Å². The van der Waals surface area contributed by atoms with Crippen LogP contribution in [0.25, 0.3) is 0 Å². The summed E-state index contributed by atoms with van der Waals surface area (Å²) in [5.41, 5.74) is -0.139. The van der Waals surface area contributed by atoms with Crippen LogP contribution in [0.4, 0.5) is 5.69 Å². The van der Waals surface area contributed by atoms with Gasteiger partial charge >= 0.3 is 13.0 Å². The van der Waals surface area contributed by atoms with E-state index in [0.717, 1.165) is 6.07 Å². The second-order valence-corrected chi connectivity index (χ2v) is 3.60. The molecule has 0 aromatic heterocycles. The van der Waals surface area contributed by atoms with Gasteiger partial charge in [-0.1, -0.05) is 0 Å². The highest BCUT2D eigenvalue weighted by Crippen LogP contribution is 2.25. The van der Waals surface area contributed by atoms with Gasteiger partial charge in [0.2, 0.25) is 0 Å². The molecule has 0 fully saturated rings. The monoisotopic (exact) mass is 268 g/mol. The zero-order chi connectivity index (χ0) is 14.4. The van der Waals surface area contributed by atoms with E-state index in [1.165, 1.54) is 26.1 Å². The Morgan fingerprint density at radius 1 is 1.58 bits per heavy atom. The van der Waals surface area contributed by atoms with Gasteiger partial charge in [0.15, 0.2) is 0 Å². The molecule has 0 amide bonds. The molecule has 0 heterocycles. The van der Waals surface area contributed by atoms with Gasteiger partial charge in [-0.2, -0.15) is 0 Å². The van der Waals surface area contributed by atoms with Crippen LogP contribution in [0.1, 0.15) is 10.4 Å². The van der Waals surface area contributed by atoms with Gasteiger partial charge in [-0.15, -0.1) is 0 Å². The van der Waals surface area contributed by atoms with Crippen molar-refractivity contribution in [1.82, 2.24) is 5.23 Å². The van der Waals surface area contributed by atoms with Crippen molar-refractivity contribution in [3.05, 3.63) is 33.9 Å². The number of nitro benzene ring substituents is 1. The van der Waals surface area contributed by atoms with Crippen molar-refractivity contribution < 1.29 is 24.2 Å². The number of nitro groups is 1. The molecule has 0 unspecified atom stereocenters. The predicted molar refractivity (Wildman–Crippen MR) is 66.9 cm³/mol. The highest BCUT2D eigenvalue weighted by Gasteiger charge is 2.18. The number of ether oxygens (including phenoxy) is 2. The Morgan fingerprint density at radius 3 is 2.79 bits per heavy atom. The zero-order valence-electron chi connectivity index (χ0n) is 10.5. The van der Waals surface area contributed by atoms with E-state index in [2.05, 4.69) is 9.96 Å². The maximum Gasteiger partial charge on any atom is 0.376 e. The Balaban J connectivity index is 2.97. The first-order chi connectivity index (χ1) is 8.95. The normalized spacial score (nSPS) is 9.84. The number of esters is 1. The molecule has 0 spiro atoms. The van der Waals surface area contributed by atoms with Crippen molar-refractivity contribution >= 4 is 18.7 Å². The largest absolute Gasteiger partial charge is 0.478 e. The molecule has 0 bridgehead atoms. The van der Waals surface area contributed by atoms with E-state index in [0.29, 0.717) is 0 Å². The second kappa shape index (κ2) is 6.71. The fourth-order valence-electron chi connectivity index (χ4n) is 1.26. The first-order valence-corrected chi connectivity index (χ1v) is 5.36. The van der Waals surface area contributed by atoms with Crippen LogP contribution in [0.2, 0.25) is 6.82 Å². The lowest BCUT2D eigenvalue weighted by Gasteiger charge is -2.11. The molecule has 1 aromatic rings. The molecule has 0 aliphatic carbocycles. The molecule has 9 heteroatoms. The quantitative estimate of drug-likeness (QED) is 0.253. The van der Waals surface area contributed by atoms with Gasteiger partial charge in [0.05, 0.1) is 18.1 Å². The van der Waals surface area contributed by atoms with E-state index in [1.54, 1.807) is 0 Å². The molecule has 0 aliphatic heterocycles. The minimum Gasteiger partial charge on any atom is -0.478 e. The molecule has 8 nitrogen and oxygen atoms in total. The van der Waals surface area contributed by atoms with Crippen LogP contribution >= 0.6 is 0 Å². The number of hydrogen-bond acceptors (Lipinski definition) is 7. The third-order valence-corrected chi connectivity index (χ3v) is 2.19. The van der Waals surface area contributed by atoms with Gasteiger partial charge < -0.3 is 14.5 Å². The van der Waals surface area contributed by atoms with Gasteiger partial charge in [0.25, 0.3) is 5.69 Å². The summed E-state index contributed by atoms with van der Waals surface area (Å²) in [5.74, 6) is -0.656. The maximum atomic E-state index is 11.5. The molecule has 102 valence electrons.